The van der Waals surface area contributed by atoms with E-state index in [1.807, 2.05) is 24.5 Å². The van der Waals surface area contributed by atoms with Crippen LogP contribution in [0.5, 0.6) is 0 Å². The van der Waals surface area contributed by atoms with Crippen LogP contribution in [0.4, 0.5) is 5.69 Å². The van der Waals surface area contributed by atoms with Crippen LogP contribution in [-0.2, 0) is 11.3 Å². The maximum atomic E-state index is 12.3. The summed E-state index contributed by atoms with van der Waals surface area (Å²) in [7, 11) is 0. The van der Waals surface area contributed by atoms with Gasteiger partial charge in [-0.1, -0.05) is 17.8 Å². The number of primary amides is 1. The van der Waals surface area contributed by atoms with Crippen LogP contribution in [0.15, 0.2) is 46.2 Å². The van der Waals surface area contributed by atoms with Crippen molar-refractivity contribution in [3.05, 3.63) is 47.7 Å². The van der Waals surface area contributed by atoms with Crippen molar-refractivity contribution in [2.24, 2.45) is 5.73 Å². The van der Waals surface area contributed by atoms with E-state index in [1.165, 1.54) is 11.8 Å². The molecule has 0 radical (unpaired) electrons. The molecule has 2 amide bonds. The lowest BCUT2D eigenvalue weighted by Gasteiger charge is -2.10. The van der Waals surface area contributed by atoms with E-state index >= 15 is 0 Å². The molecule has 1 aromatic carbocycles. The van der Waals surface area contributed by atoms with Crippen LogP contribution in [0.25, 0.3) is 11.6 Å². The van der Waals surface area contributed by atoms with Crippen molar-refractivity contribution in [2.45, 2.75) is 25.5 Å². The van der Waals surface area contributed by atoms with Gasteiger partial charge in [-0.25, -0.2) is 0 Å². The van der Waals surface area contributed by atoms with Crippen molar-refractivity contribution in [1.29, 1.82) is 0 Å². The number of carbonyl (C=O) groups excluding carboxylic acids is 2. The molecule has 0 aliphatic heterocycles. The van der Waals surface area contributed by atoms with E-state index in [-0.39, 0.29) is 11.7 Å². The lowest BCUT2D eigenvalue weighted by atomic mass is 10.1. The van der Waals surface area contributed by atoms with Crippen LogP contribution in [-0.4, -0.2) is 32.3 Å². The minimum atomic E-state index is -0.540. The minimum Gasteiger partial charge on any atom is -0.461 e. The van der Waals surface area contributed by atoms with Crippen molar-refractivity contribution in [3.63, 3.8) is 0 Å². The third kappa shape index (κ3) is 4.20. The molecule has 2 heterocycles. The Morgan fingerprint density at radius 2 is 2.11 bits per heavy atom. The molecule has 2 aromatic heterocycles. The number of carbonyl (C=O) groups is 2. The van der Waals surface area contributed by atoms with Crippen molar-refractivity contribution in [2.75, 3.05) is 11.1 Å². The van der Waals surface area contributed by atoms with Crippen molar-refractivity contribution >= 4 is 29.3 Å². The van der Waals surface area contributed by atoms with Crippen LogP contribution in [0.2, 0.25) is 0 Å². The predicted octanol–water partition coefficient (Wildman–Crippen LogP) is 2.70. The molecule has 0 atom stereocenters. The Labute approximate surface area is 160 Å². The number of hydrogen-bond donors (Lipinski definition) is 2. The second kappa shape index (κ2) is 8.09. The SMILES string of the molecule is CCn1c(SCC(=O)Nc2cc(C(N)=O)ccc2C)nnc1-c1ccco1. The zero-order valence-corrected chi connectivity index (χ0v) is 15.7. The number of rotatable bonds is 7. The van der Waals surface area contributed by atoms with Gasteiger partial charge in [0.25, 0.3) is 0 Å². The second-order valence-corrected chi connectivity index (χ2v) is 6.70. The lowest BCUT2D eigenvalue weighted by molar-refractivity contribution is -0.113. The summed E-state index contributed by atoms with van der Waals surface area (Å²) in [6.07, 6.45) is 1.58. The molecule has 0 spiro atoms. The van der Waals surface area contributed by atoms with Crippen LogP contribution < -0.4 is 11.1 Å². The maximum Gasteiger partial charge on any atom is 0.248 e. The molecule has 0 bridgehead atoms. The molecule has 0 unspecified atom stereocenters. The monoisotopic (exact) mass is 385 g/mol. The summed E-state index contributed by atoms with van der Waals surface area (Å²) in [6.45, 7) is 4.46. The third-order valence-electron chi connectivity index (χ3n) is 3.90. The van der Waals surface area contributed by atoms with Gasteiger partial charge < -0.3 is 15.5 Å². The number of thioether (sulfide) groups is 1. The Balaban J connectivity index is 1.68. The first kappa shape index (κ1) is 18.7. The minimum absolute atomic E-state index is 0.149. The smallest absolute Gasteiger partial charge is 0.248 e. The average molecular weight is 385 g/mol. The number of nitrogens with one attached hydrogen (secondary N) is 1. The molecule has 0 saturated heterocycles. The van der Waals surface area contributed by atoms with Gasteiger partial charge in [0, 0.05) is 17.8 Å². The average Bonchev–Trinajstić information content (AvgIpc) is 3.30. The first-order valence-electron chi connectivity index (χ1n) is 8.29. The Kier molecular flexibility index (Phi) is 5.60. The summed E-state index contributed by atoms with van der Waals surface area (Å²) >= 11 is 1.28. The molecule has 3 aromatic rings. The van der Waals surface area contributed by atoms with Crippen molar-refractivity contribution in [1.82, 2.24) is 14.8 Å². The number of nitrogens with zero attached hydrogens (tertiary/aromatic N) is 3. The largest absolute Gasteiger partial charge is 0.461 e. The van der Waals surface area contributed by atoms with E-state index in [0.29, 0.717) is 34.5 Å². The quantitative estimate of drug-likeness (QED) is 0.604. The highest BCUT2D eigenvalue weighted by Crippen LogP contribution is 2.24. The lowest BCUT2D eigenvalue weighted by Crippen LogP contribution is -2.17. The maximum absolute atomic E-state index is 12.3. The first-order valence-corrected chi connectivity index (χ1v) is 9.28. The van der Waals surface area contributed by atoms with E-state index in [0.717, 1.165) is 5.56 Å². The topological polar surface area (TPSA) is 116 Å². The molecule has 140 valence electrons. The molecule has 0 saturated carbocycles. The summed E-state index contributed by atoms with van der Waals surface area (Å²) in [5.74, 6) is 0.641. The number of furan rings is 1. The summed E-state index contributed by atoms with van der Waals surface area (Å²) < 4.78 is 7.26. The Morgan fingerprint density at radius 3 is 2.78 bits per heavy atom. The number of aromatic nitrogens is 3. The fourth-order valence-electron chi connectivity index (χ4n) is 2.49. The number of amides is 2. The second-order valence-electron chi connectivity index (χ2n) is 5.76. The molecule has 0 aliphatic rings. The molecule has 27 heavy (non-hydrogen) atoms. The molecule has 0 fully saturated rings. The van der Waals surface area contributed by atoms with Gasteiger partial charge in [0.05, 0.1) is 12.0 Å². The Hall–Kier alpha value is -3.07. The van der Waals surface area contributed by atoms with Gasteiger partial charge in [-0.15, -0.1) is 10.2 Å². The fraction of sp³-hybridized carbons (Fsp3) is 0.222. The predicted molar refractivity (Wildman–Crippen MR) is 102 cm³/mol. The summed E-state index contributed by atoms with van der Waals surface area (Å²) in [6, 6.07) is 8.54. The molecule has 9 heteroatoms. The summed E-state index contributed by atoms with van der Waals surface area (Å²) in [5, 5.41) is 11.7. The van der Waals surface area contributed by atoms with Crippen molar-refractivity contribution in [3.8, 4) is 11.6 Å². The van der Waals surface area contributed by atoms with E-state index in [1.54, 1.807) is 30.5 Å². The van der Waals surface area contributed by atoms with Gasteiger partial charge in [0.1, 0.15) is 0 Å². The molecular formula is C18H19N5O3S. The van der Waals surface area contributed by atoms with Gasteiger partial charge in [-0.2, -0.15) is 0 Å². The van der Waals surface area contributed by atoms with Crippen molar-refractivity contribution < 1.29 is 14.0 Å². The van der Waals surface area contributed by atoms with Crippen LogP contribution >= 0.6 is 11.8 Å². The number of anilines is 1. The van der Waals surface area contributed by atoms with E-state index in [2.05, 4.69) is 15.5 Å². The first-order chi connectivity index (χ1) is 13.0. The highest BCUT2D eigenvalue weighted by molar-refractivity contribution is 7.99. The van der Waals surface area contributed by atoms with Crippen LogP contribution in [0, 0.1) is 6.92 Å². The third-order valence-corrected chi connectivity index (χ3v) is 4.87. The van der Waals surface area contributed by atoms with Gasteiger partial charge in [0.15, 0.2) is 16.7 Å². The zero-order valence-electron chi connectivity index (χ0n) is 14.9. The normalized spacial score (nSPS) is 10.7. The Morgan fingerprint density at radius 1 is 1.30 bits per heavy atom. The van der Waals surface area contributed by atoms with E-state index < -0.39 is 5.91 Å². The van der Waals surface area contributed by atoms with Crippen LogP contribution in [0.1, 0.15) is 22.8 Å². The number of nitrogens with two attached hydrogens (primary N) is 1. The van der Waals surface area contributed by atoms with E-state index in [9.17, 15) is 9.59 Å². The Bertz CT molecular complexity index is 966. The molecule has 3 rings (SSSR count). The summed E-state index contributed by atoms with van der Waals surface area (Å²) in [5.41, 5.74) is 7.04. The molecule has 3 N–H and O–H groups in total. The number of benzene rings is 1. The molecular weight excluding hydrogens is 366 g/mol. The van der Waals surface area contributed by atoms with Gasteiger partial charge >= 0.3 is 0 Å². The molecule has 8 nitrogen and oxygen atoms in total. The van der Waals surface area contributed by atoms with Crippen LogP contribution in [0.3, 0.4) is 0 Å². The highest BCUT2D eigenvalue weighted by atomic mass is 32.2. The van der Waals surface area contributed by atoms with Gasteiger partial charge in [-0.05, 0) is 43.7 Å². The molecule has 0 aliphatic carbocycles. The highest BCUT2D eigenvalue weighted by Gasteiger charge is 2.16. The van der Waals surface area contributed by atoms with Gasteiger partial charge in [-0.3, -0.25) is 14.2 Å². The zero-order chi connectivity index (χ0) is 19.4. The van der Waals surface area contributed by atoms with E-state index in [4.69, 9.17) is 10.2 Å². The van der Waals surface area contributed by atoms with Gasteiger partial charge in [0.2, 0.25) is 11.8 Å². The summed E-state index contributed by atoms with van der Waals surface area (Å²) in [4.78, 5) is 23.6. The number of hydrogen-bond acceptors (Lipinski definition) is 6. The number of aryl methyl sites for hydroxylation is 1. The fourth-order valence-corrected chi connectivity index (χ4v) is 3.30. The standard InChI is InChI=1S/C18H19N5O3S/c1-3-23-17(14-5-4-8-26-14)21-22-18(23)27-10-15(24)20-13-9-12(16(19)25)7-6-11(13)2/h4-9H,3,10H2,1-2H3,(H2,19,25)(H,20,24).